The Morgan fingerprint density at radius 3 is 1.92 bits per heavy atom. The van der Waals surface area contributed by atoms with Gasteiger partial charge in [-0.05, 0) is 50.1 Å². The van der Waals surface area contributed by atoms with Gasteiger partial charge in [-0.15, -0.1) is 11.8 Å². The van der Waals surface area contributed by atoms with Crippen LogP contribution in [0.4, 0.5) is 11.9 Å². The maximum absolute atomic E-state index is 6.33. The molecule has 210 valence electrons. The molecule has 0 spiro atoms. The number of anilines is 2. The standard InChI is InChI=1S/C28H39N7O3S/c1-36-22-15-18(16-23(37-2)25(22)38-3)21-17-24(39-4)35(33-21)28-31-26(29)30-27(32-28)34(19-11-7-5-8-12-19)20-13-9-6-10-14-20/h15-17,19-20H,5-14H2,1-4H3,(H2,29,30,31,32). The second-order valence-corrected chi connectivity index (χ2v) is 11.0. The Morgan fingerprint density at radius 1 is 0.821 bits per heavy atom. The molecule has 1 aromatic carbocycles. The molecule has 2 aliphatic carbocycles. The molecule has 0 atom stereocenters. The van der Waals surface area contributed by atoms with Crippen LogP contribution in [0, 0.1) is 0 Å². The summed E-state index contributed by atoms with van der Waals surface area (Å²) < 4.78 is 18.4. The van der Waals surface area contributed by atoms with Gasteiger partial charge in [0, 0.05) is 17.6 Å². The molecule has 2 N–H and O–H groups in total. The van der Waals surface area contributed by atoms with Crippen LogP contribution in [0.5, 0.6) is 17.2 Å². The zero-order valence-electron chi connectivity index (χ0n) is 23.4. The number of hydrogen-bond acceptors (Lipinski definition) is 10. The first-order valence-electron chi connectivity index (χ1n) is 13.8. The Bertz CT molecular complexity index is 1230. The summed E-state index contributed by atoms with van der Waals surface area (Å²) in [5.41, 5.74) is 7.88. The number of aromatic nitrogens is 5. The molecule has 0 radical (unpaired) electrons. The van der Waals surface area contributed by atoms with E-state index in [9.17, 15) is 0 Å². The number of thioether (sulfide) groups is 1. The molecule has 3 aromatic rings. The number of hydrogen-bond donors (Lipinski definition) is 1. The fraction of sp³-hybridized carbons (Fsp3) is 0.571. The van der Waals surface area contributed by atoms with E-state index in [0.717, 1.165) is 16.3 Å². The number of ether oxygens (including phenoxy) is 3. The predicted molar refractivity (Wildman–Crippen MR) is 154 cm³/mol. The van der Waals surface area contributed by atoms with Crippen molar-refractivity contribution >= 4 is 23.7 Å². The highest BCUT2D eigenvalue weighted by Gasteiger charge is 2.32. The molecule has 0 bridgehead atoms. The smallest absolute Gasteiger partial charge is 0.258 e. The van der Waals surface area contributed by atoms with E-state index < -0.39 is 0 Å². The van der Waals surface area contributed by atoms with Crippen molar-refractivity contribution in [2.45, 2.75) is 81.3 Å². The Labute approximate surface area is 234 Å². The number of benzene rings is 1. The zero-order chi connectivity index (χ0) is 27.4. The summed E-state index contributed by atoms with van der Waals surface area (Å²) in [4.78, 5) is 16.7. The summed E-state index contributed by atoms with van der Waals surface area (Å²) in [6, 6.07) is 6.65. The monoisotopic (exact) mass is 553 g/mol. The van der Waals surface area contributed by atoms with E-state index >= 15 is 0 Å². The maximum atomic E-state index is 6.33. The molecule has 2 aromatic heterocycles. The van der Waals surface area contributed by atoms with Gasteiger partial charge in [-0.3, -0.25) is 0 Å². The van der Waals surface area contributed by atoms with Crippen LogP contribution in [0.2, 0.25) is 0 Å². The molecule has 2 heterocycles. The van der Waals surface area contributed by atoms with Gasteiger partial charge in [0.15, 0.2) is 11.5 Å². The number of nitrogens with two attached hydrogens (primary N) is 1. The minimum atomic E-state index is 0.212. The third-order valence-corrected chi connectivity index (χ3v) is 8.54. The van der Waals surface area contributed by atoms with Gasteiger partial charge in [0.2, 0.25) is 17.6 Å². The first-order chi connectivity index (χ1) is 19.1. The van der Waals surface area contributed by atoms with Gasteiger partial charge in [-0.2, -0.15) is 24.7 Å². The average Bonchev–Trinajstić information content (AvgIpc) is 3.42. The van der Waals surface area contributed by atoms with Crippen LogP contribution in [-0.4, -0.2) is 64.4 Å². The van der Waals surface area contributed by atoms with E-state index in [1.165, 1.54) is 64.2 Å². The summed E-state index contributed by atoms with van der Waals surface area (Å²) in [6.07, 6.45) is 14.3. The lowest BCUT2D eigenvalue weighted by molar-refractivity contribution is 0.324. The van der Waals surface area contributed by atoms with Crippen molar-refractivity contribution in [1.82, 2.24) is 24.7 Å². The van der Waals surface area contributed by atoms with Gasteiger partial charge in [-0.25, -0.2) is 0 Å². The number of methoxy groups -OCH3 is 3. The molecule has 2 aliphatic rings. The van der Waals surface area contributed by atoms with Crippen molar-refractivity contribution < 1.29 is 14.2 Å². The Kier molecular flexibility index (Phi) is 8.64. The van der Waals surface area contributed by atoms with Crippen LogP contribution in [0.1, 0.15) is 64.2 Å². The lowest BCUT2D eigenvalue weighted by Gasteiger charge is -2.41. The number of nitrogen functional groups attached to an aromatic ring is 1. The third kappa shape index (κ3) is 5.73. The second kappa shape index (κ2) is 12.3. The number of rotatable bonds is 9. The molecule has 5 rings (SSSR count). The maximum Gasteiger partial charge on any atom is 0.258 e. The fourth-order valence-corrected chi connectivity index (χ4v) is 6.47. The summed E-state index contributed by atoms with van der Waals surface area (Å²) in [5, 5.41) is 5.80. The molecule has 39 heavy (non-hydrogen) atoms. The lowest BCUT2D eigenvalue weighted by atomic mass is 9.89. The van der Waals surface area contributed by atoms with Crippen LogP contribution in [0.15, 0.2) is 23.2 Å². The molecule has 10 nitrogen and oxygen atoms in total. The van der Waals surface area contributed by atoms with Gasteiger partial charge >= 0.3 is 0 Å². The largest absolute Gasteiger partial charge is 0.493 e. The predicted octanol–water partition coefficient (Wildman–Crippen LogP) is 5.53. The van der Waals surface area contributed by atoms with Gasteiger partial charge in [0.25, 0.3) is 5.95 Å². The van der Waals surface area contributed by atoms with Crippen LogP contribution in [0.3, 0.4) is 0 Å². The van der Waals surface area contributed by atoms with Gasteiger partial charge in [-0.1, -0.05) is 38.5 Å². The molecule has 0 amide bonds. The first-order valence-corrected chi connectivity index (χ1v) is 15.0. The SMILES string of the molecule is COc1cc(-c2cc(SC)n(-c3nc(N)nc(N(C4CCCCC4)C4CCCCC4)n3)n2)cc(OC)c1OC. The molecule has 2 saturated carbocycles. The van der Waals surface area contributed by atoms with E-state index in [2.05, 4.69) is 14.9 Å². The van der Waals surface area contributed by atoms with E-state index in [1.807, 2.05) is 24.5 Å². The van der Waals surface area contributed by atoms with Crippen molar-refractivity contribution in [3.05, 3.63) is 18.2 Å². The Hall–Kier alpha value is -3.21. The van der Waals surface area contributed by atoms with Crippen molar-refractivity contribution in [2.24, 2.45) is 0 Å². The van der Waals surface area contributed by atoms with Gasteiger partial charge < -0.3 is 24.8 Å². The van der Waals surface area contributed by atoms with Crippen LogP contribution < -0.4 is 24.8 Å². The minimum absolute atomic E-state index is 0.212. The molecular formula is C28H39N7O3S. The summed E-state index contributed by atoms with van der Waals surface area (Å²) in [7, 11) is 4.80. The van der Waals surface area contributed by atoms with Crippen molar-refractivity contribution in [1.29, 1.82) is 0 Å². The number of nitrogens with zero attached hydrogens (tertiary/aromatic N) is 6. The van der Waals surface area contributed by atoms with E-state index in [1.54, 1.807) is 37.8 Å². The zero-order valence-corrected chi connectivity index (χ0v) is 24.2. The van der Waals surface area contributed by atoms with Crippen LogP contribution >= 0.6 is 11.8 Å². The quantitative estimate of drug-likeness (QED) is 0.340. The molecule has 11 heteroatoms. The average molecular weight is 554 g/mol. The summed E-state index contributed by atoms with van der Waals surface area (Å²) in [6.45, 7) is 0. The van der Waals surface area contributed by atoms with Crippen molar-refractivity contribution in [3.63, 3.8) is 0 Å². The molecule has 0 unspecified atom stereocenters. The van der Waals surface area contributed by atoms with Crippen LogP contribution in [-0.2, 0) is 0 Å². The highest BCUT2D eigenvalue weighted by molar-refractivity contribution is 7.98. The molecule has 2 fully saturated rings. The summed E-state index contributed by atoms with van der Waals surface area (Å²) in [5.74, 6) is 2.98. The van der Waals surface area contributed by atoms with E-state index in [0.29, 0.717) is 41.2 Å². The topological polar surface area (TPSA) is 113 Å². The summed E-state index contributed by atoms with van der Waals surface area (Å²) >= 11 is 1.57. The van der Waals surface area contributed by atoms with Crippen molar-refractivity contribution in [3.8, 4) is 34.5 Å². The highest BCUT2D eigenvalue weighted by atomic mass is 32.2. The normalized spacial score (nSPS) is 16.7. The highest BCUT2D eigenvalue weighted by Crippen LogP contribution is 2.41. The first kappa shape index (κ1) is 27.4. The third-order valence-electron chi connectivity index (χ3n) is 7.83. The molecule has 0 aliphatic heterocycles. The van der Waals surface area contributed by atoms with E-state index in [-0.39, 0.29) is 5.95 Å². The van der Waals surface area contributed by atoms with Crippen LogP contribution in [0.25, 0.3) is 17.2 Å². The van der Waals surface area contributed by atoms with Crippen molar-refractivity contribution in [2.75, 3.05) is 38.2 Å². The Balaban J connectivity index is 1.56. The fourth-order valence-electron chi connectivity index (χ4n) is 5.95. The van der Waals surface area contributed by atoms with Gasteiger partial charge in [0.1, 0.15) is 5.03 Å². The van der Waals surface area contributed by atoms with Gasteiger partial charge in [0.05, 0.1) is 27.0 Å². The molecule has 0 saturated heterocycles. The lowest BCUT2D eigenvalue weighted by Crippen LogP contribution is -2.46. The second-order valence-electron chi connectivity index (χ2n) is 10.2. The van der Waals surface area contributed by atoms with E-state index in [4.69, 9.17) is 30.0 Å². The minimum Gasteiger partial charge on any atom is -0.493 e. The Morgan fingerprint density at radius 2 is 1.41 bits per heavy atom. The molecular weight excluding hydrogens is 514 g/mol.